The van der Waals surface area contributed by atoms with Crippen molar-refractivity contribution in [1.29, 1.82) is 0 Å². The van der Waals surface area contributed by atoms with Crippen LogP contribution in [0.15, 0.2) is 6.07 Å². The van der Waals surface area contributed by atoms with Gasteiger partial charge in [0.1, 0.15) is 11.5 Å². The average Bonchev–Trinajstić information content (AvgIpc) is 2.61. The Bertz CT molecular complexity index is 505. The molecule has 1 aliphatic heterocycles. The molecule has 0 aromatic carbocycles. The molecule has 116 valence electrons. The average molecular weight is 293 g/mol. The Morgan fingerprint density at radius 3 is 3.00 bits per heavy atom. The minimum Gasteiger partial charge on any atom is -0.389 e. The summed E-state index contributed by atoms with van der Waals surface area (Å²) >= 11 is 0. The molecule has 0 spiro atoms. The van der Waals surface area contributed by atoms with Gasteiger partial charge in [-0.3, -0.25) is 4.79 Å². The highest BCUT2D eigenvalue weighted by molar-refractivity contribution is 5.92. The number of β-amino-alcohol motifs (C(OH)–C–C–N with tert-alkyl or cyclic N) is 1. The van der Waals surface area contributed by atoms with Gasteiger partial charge in [0.15, 0.2) is 0 Å². The van der Waals surface area contributed by atoms with Crippen molar-refractivity contribution >= 4 is 5.91 Å². The zero-order valence-corrected chi connectivity index (χ0v) is 12.9. The number of aliphatic hydroxyl groups is 1. The summed E-state index contributed by atoms with van der Waals surface area (Å²) in [5.74, 6) is 0.897. The van der Waals surface area contributed by atoms with Gasteiger partial charge < -0.3 is 14.7 Å². The Kier molecular flexibility index (Phi) is 5.25. The van der Waals surface area contributed by atoms with Gasteiger partial charge in [0.2, 0.25) is 0 Å². The van der Waals surface area contributed by atoms with Gasteiger partial charge in [0.25, 0.3) is 5.91 Å². The number of hydrogen-bond donors (Lipinski definition) is 1. The van der Waals surface area contributed by atoms with Gasteiger partial charge in [-0.1, -0.05) is 13.8 Å². The molecule has 1 N–H and O–H groups in total. The van der Waals surface area contributed by atoms with Crippen molar-refractivity contribution in [2.45, 2.75) is 33.3 Å². The molecule has 6 nitrogen and oxygen atoms in total. The summed E-state index contributed by atoms with van der Waals surface area (Å²) in [6, 6.07) is 1.76. The molecule has 1 fully saturated rings. The second-order valence-corrected chi connectivity index (χ2v) is 5.87. The van der Waals surface area contributed by atoms with Crippen LogP contribution in [0.2, 0.25) is 0 Å². The molecule has 21 heavy (non-hydrogen) atoms. The number of aromatic nitrogens is 2. The highest BCUT2D eigenvalue weighted by Crippen LogP contribution is 2.11. The summed E-state index contributed by atoms with van der Waals surface area (Å²) in [5.41, 5.74) is 1.28. The first kappa shape index (κ1) is 15.9. The fraction of sp³-hybridized carbons (Fsp3) is 0.667. The van der Waals surface area contributed by atoms with Crippen LogP contribution < -0.4 is 0 Å². The van der Waals surface area contributed by atoms with E-state index >= 15 is 0 Å². The molecular weight excluding hydrogens is 270 g/mol. The molecule has 0 radical (unpaired) electrons. The molecule has 1 unspecified atom stereocenters. The van der Waals surface area contributed by atoms with Crippen LogP contribution in [0.5, 0.6) is 0 Å². The zero-order chi connectivity index (χ0) is 15.4. The van der Waals surface area contributed by atoms with Crippen LogP contribution in [0.1, 0.15) is 35.9 Å². The second-order valence-electron chi connectivity index (χ2n) is 5.87. The first-order chi connectivity index (χ1) is 9.95. The molecular formula is C15H23N3O3. The van der Waals surface area contributed by atoms with Crippen LogP contribution in [0.4, 0.5) is 0 Å². The van der Waals surface area contributed by atoms with Crippen LogP contribution >= 0.6 is 0 Å². The minimum atomic E-state index is -0.644. The van der Waals surface area contributed by atoms with Crippen molar-refractivity contribution < 1.29 is 14.6 Å². The Morgan fingerprint density at radius 1 is 1.52 bits per heavy atom. The van der Waals surface area contributed by atoms with Crippen LogP contribution in [0.25, 0.3) is 0 Å². The number of aliphatic hydroxyl groups excluding tert-OH is 1. The molecule has 1 amide bonds. The molecule has 2 heterocycles. The van der Waals surface area contributed by atoms with Gasteiger partial charge >= 0.3 is 0 Å². The molecule has 0 saturated carbocycles. The lowest BCUT2D eigenvalue weighted by Crippen LogP contribution is -2.38. The highest BCUT2D eigenvalue weighted by atomic mass is 16.5. The van der Waals surface area contributed by atoms with E-state index < -0.39 is 6.10 Å². The summed E-state index contributed by atoms with van der Waals surface area (Å²) in [4.78, 5) is 22.8. The Hall–Kier alpha value is -1.53. The van der Waals surface area contributed by atoms with Crippen molar-refractivity contribution in [3.8, 4) is 0 Å². The van der Waals surface area contributed by atoms with E-state index in [1.807, 2.05) is 0 Å². The number of ether oxygens (including phenoxy) is 1. The van der Waals surface area contributed by atoms with E-state index in [1.54, 1.807) is 17.9 Å². The molecule has 0 bridgehead atoms. The summed E-state index contributed by atoms with van der Waals surface area (Å²) in [7, 11) is 0. The van der Waals surface area contributed by atoms with E-state index in [1.165, 1.54) is 0 Å². The third kappa shape index (κ3) is 4.47. The van der Waals surface area contributed by atoms with Crippen LogP contribution in [-0.4, -0.2) is 58.3 Å². The van der Waals surface area contributed by atoms with Gasteiger partial charge in [-0.2, -0.15) is 0 Å². The number of hydrogen-bond acceptors (Lipinski definition) is 5. The third-order valence-corrected chi connectivity index (χ3v) is 3.26. The van der Waals surface area contributed by atoms with Crippen LogP contribution in [0.3, 0.4) is 0 Å². The lowest BCUT2D eigenvalue weighted by atomic mass is 10.1. The predicted molar refractivity (Wildman–Crippen MR) is 78.0 cm³/mol. The number of carbonyl (C=O) groups is 1. The largest absolute Gasteiger partial charge is 0.389 e. The summed E-state index contributed by atoms with van der Waals surface area (Å²) in [6.07, 6.45) is 0.171. The van der Waals surface area contributed by atoms with Crippen molar-refractivity contribution in [3.63, 3.8) is 0 Å². The van der Waals surface area contributed by atoms with E-state index in [2.05, 4.69) is 23.8 Å². The molecule has 1 aromatic rings. The normalized spacial score (nSPS) is 19.7. The maximum Gasteiger partial charge on any atom is 0.272 e. The number of nitrogens with zero attached hydrogens (tertiary/aromatic N) is 3. The fourth-order valence-electron chi connectivity index (χ4n) is 2.40. The van der Waals surface area contributed by atoms with Crippen LogP contribution in [0, 0.1) is 12.8 Å². The van der Waals surface area contributed by atoms with Crippen molar-refractivity contribution in [2.75, 3.05) is 26.3 Å². The van der Waals surface area contributed by atoms with Crippen molar-refractivity contribution in [3.05, 3.63) is 23.3 Å². The molecule has 1 atom stereocenters. The lowest BCUT2D eigenvalue weighted by molar-refractivity contribution is 0.0532. The molecule has 2 rings (SSSR count). The summed E-state index contributed by atoms with van der Waals surface area (Å²) < 4.78 is 5.25. The minimum absolute atomic E-state index is 0.171. The topological polar surface area (TPSA) is 75.6 Å². The van der Waals surface area contributed by atoms with E-state index in [0.29, 0.717) is 30.6 Å². The van der Waals surface area contributed by atoms with Crippen LogP contribution in [-0.2, 0) is 11.2 Å². The Balaban J connectivity index is 2.19. The maximum atomic E-state index is 12.6. The van der Waals surface area contributed by atoms with Crippen molar-refractivity contribution in [1.82, 2.24) is 14.9 Å². The Labute approximate surface area is 125 Å². The summed E-state index contributed by atoms with van der Waals surface area (Å²) in [6.45, 7) is 7.47. The first-order valence-electron chi connectivity index (χ1n) is 7.35. The number of amides is 1. The van der Waals surface area contributed by atoms with Gasteiger partial charge in [0.05, 0.1) is 19.3 Å². The monoisotopic (exact) mass is 293 g/mol. The number of rotatable bonds is 3. The number of carbonyl (C=O) groups excluding carboxylic acids is 1. The Morgan fingerprint density at radius 2 is 2.29 bits per heavy atom. The molecule has 1 saturated heterocycles. The smallest absolute Gasteiger partial charge is 0.272 e. The zero-order valence-electron chi connectivity index (χ0n) is 12.9. The standard InChI is InChI=1S/C15H23N3O3/c1-10(2)6-12-7-14(17-11(3)16-12)15(20)18-4-5-21-9-13(19)8-18/h7,10,13,19H,4-6,8-9H2,1-3H3. The van der Waals surface area contributed by atoms with E-state index in [-0.39, 0.29) is 19.1 Å². The lowest BCUT2D eigenvalue weighted by Gasteiger charge is -2.21. The second kappa shape index (κ2) is 6.95. The van der Waals surface area contributed by atoms with Gasteiger partial charge in [-0.25, -0.2) is 9.97 Å². The quantitative estimate of drug-likeness (QED) is 0.893. The van der Waals surface area contributed by atoms with Gasteiger partial charge in [-0.15, -0.1) is 0 Å². The van der Waals surface area contributed by atoms with Crippen molar-refractivity contribution in [2.24, 2.45) is 5.92 Å². The third-order valence-electron chi connectivity index (χ3n) is 3.26. The molecule has 6 heteroatoms. The summed E-state index contributed by atoms with van der Waals surface area (Å²) in [5, 5.41) is 9.73. The maximum absolute atomic E-state index is 12.6. The molecule has 1 aliphatic rings. The van der Waals surface area contributed by atoms with Gasteiger partial charge in [0, 0.05) is 18.8 Å². The van der Waals surface area contributed by atoms with Gasteiger partial charge in [-0.05, 0) is 25.3 Å². The fourth-order valence-corrected chi connectivity index (χ4v) is 2.40. The predicted octanol–water partition coefficient (Wildman–Crippen LogP) is 0.817. The number of aryl methyl sites for hydroxylation is 1. The molecule has 0 aliphatic carbocycles. The van der Waals surface area contributed by atoms with E-state index in [0.717, 1.165) is 12.1 Å². The SMILES string of the molecule is Cc1nc(CC(C)C)cc(C(=O)N2CCOCC(O)C2)n1. The first-order valence-corrected chi connectivity index (χ1v) is 7.35. The highest BCUT2D eigenvalue weighted by Gasteiger charge is 2.23. The van der Waals surface area contributed by atoms with E-state index in [9.17, 15) is 9.90 Å². The van der Waals surface area contributed by atoms with E-state index in [4.69, 9.17) is 4.74 Å². The molecule has 1 aromatic heterocycles.